The zero-order chi connectivity index (χ0) is 33.1. The molecule has 4 aromatic carbocycles. The molecule has 4 rings (SSSR count). The molecule has 242 valence electrons. The number of hydrogen-bond acceptors (Lipinski definition) is 5. The number of para-hydroxylation sites is 2. The normalized spacial score (nSPS) is 11.9. The van der Waals surface area contributed by atoms with Crippen molar-refractivity contribution in [3.05, 3.63) is 125 Å². The van der Waals surface area contributed by atoms with E-state index in [1.165, 1.54) is 17.0 Å². The van der Waals surface area contributed by atoms with Gasteiger partial charge in [0, 0.05) is 24.5 Å². The van der Waals surface area contributed by atoms with Crippen molar-refractivity contribution in [2.24, 2.45) is 5.92 Å². The number of nitrogens with zero attached hydrogens (tertiary/aromatic N) is 2. The second-order valence-electron chi connectivity index (χ2n) is 11.2. The van der Waals surface area contributed by atoms with Gasteiger partial charge < -0.3 is 15.0 Å². The summed E-state index contributed by atoms with van der Waals surface area (Å²) in [5.74, 6) is -0.381. The van der Waals surface area contributed by atoms with Crippen molar-refractivity contribution in [2.75, 3.05) is 24.0 Å². The molecule has 0 heterocycles. The zero-order valence-electron chi connectivity index (χ0n) is 26.3. The number of sulfonamides is 1. The predicted molar refractivity (Wildman–Crippen MR) is 182 cm³/mol. The molecule has 8 nitrogen and oxygen atoms in total. The third-order valence-corrected chi connectivity index (χ3v) is 9.29. The van der Waals surface area contributed by atoms with Crippen molar-refractivity contribution < 1.29 is 22.7 Å². The van der Waals surface area contributed by atoms with Crippen LogP contribution in [0.5, 0.6) is 5.75 Å². The molecule has 46 heavy (non-hydrogen) atoms. The Bertz CT molecular complexity index is 1680. The summed E-state index contributed by atoms with van der Waals surface area (Å²) in [4.78, 5) is 30.0. The molecule has 0 radical (unpaired) electrons. The Morgan fingerprint density at radius 2 is 1.43 bits per heavy atom. The van der Waals surface area contributed by atoms with Crippen LogP contribution in [0.3, 0.4) is 0 Å². The number of anilines is 1. The first-order valence-corrected chi connectivity index (χ1v) is 17.1. The summed E-state index contributed by atoms with van der Waals surface area (Å²) in [5.41, 5.74) is 1.81. The lowest BCUT2D eigenvalue weighted by Gasteiger charge is -2.34. The minimum absolute atomic E-state index is 0.0221. The topological polar surface area (TPSA) is 96.0 Å². The smallest absolute Gasteiger partial charge is 0.264 e. The van der Waals surface area contributed by atoms with Gasteiger partial charge in [0.2, 0.25) is 11.8 Å². The summed E-state index contributed by atoms with van der Waals surface area (Å²) < 4.78 is 35.3. The Morgan fingerprint density at radius 1 is 0.826 bits per heavy atom. The molecule has 1 atom stereocenters. The summed E-state index contributed by atoms with van der Waals surface area (Å²) in [5, 5.41) is 3.53. The van der Waals surface area contributed by atoms with Crippen LogP contribution in [-0.2, 0) is 32.6 Å². The van der Waals surface area contributed by atoms with Gasteiger partial charge in [-0.2, -0.15) is 0 Å². The van der Waals surface area contributed by atoms with E-state index in [-0.39, 0.29) is 35.4 Å². The molecule has 0 saturated carbocycles. The van der Waals surface area contributed by atoms with Crippen LogP contribution in [0.15, 0.2) is 114 Å². The van der Waals surface area contributed by atoms with Crippen LogP contribution < -0.4 is 14.4 Å². The lowest BCUT2D eigenvalue weighted by Crippen LogP contribution is -2.53. The molecule has 1 N–H and O–H groups in total. The van der Waals surface area contributed by atoms with Crippen molar-refractivity contribution in [3.63, 3.8) is 0 Å². The Morgan fingerprint density at radius 3 is 2.07 bits per heavy atom. The quantitative estimate of drug-likeness (QED) is 0.160. The van der Waals surface area contributed by atoms with E-state index in [0.717, 1.165) is 15.4 Å². The molecule has 4 aromatic rings. The molecular formula is C36H40ClN3O5S. The number of hydrogen-bond donors (Lipinski definition) is 1. The number of rotatable bonds is 15. The highest BCUT2D eigenvalue weighted by atomic mass is 35.5. The van der Waals surface area contributed by atoms with Crippen molar-refractivity contribution in [1.29, 1.82) is 0 Å². The lowest BCUT2D eigenvalue weighted by molar-refractivity contribution is -0.140. The molecule has 0 bridgehead atoms. The Hall–Kier alpha value is -4.34. The van der Waals surface area contributed by atoms with Crippen LogP contribution in [0.25, 0.3) is 0 Å². The van der Waals surface area contributed by atoms with E-state index >= 15 is 0 Å². The zero-order valence-corrected chi connectivity index (χ0v) is 27.9. The van der Waals surface area contributed by atoms with Crippen molar-refractivity contribution in [2.45, 2.75) is 44.7 Å². The highest BCUT2D eigenvalue weighted by Gasteiger charge is 2.35. The molecule has 0 aromatic heterocycles. The molecule has 0 fully saturated rings. The Labute approximate surface area is 277 Å². The highest BCUT2D eigenvalue weighted by molar-refractivity contribution is 7.92. The summed E-state index contributed by atoms with van der Waals surface area (Å²) in [7, 11) is -4.24. The maximum atomic E-state index is 14.6. The average molecular weight is 662 g/mol. The summed E-state index contributed by atoms with van der Waals surface area (Å²) in [6.07, 6.45) is 0.227. The number of halogens is 1. The van der Waals surface area contributed by atoms with Gasteiger partial charge in [0.15, 0.2) is 0 Å². The maximum Gasteiger partial charge on any atom is 0.264 e. The monoisotopic (exact) mass is 661 g/mol. The maximum absolute atomic E-state index is 14.6. The molecule has 0 aliphatic carbocycles. The minimum Gasteiger partial charge on any atom is -0.492 e. The molecule has 10 heteroatoms. The van der Waals surface area contributed by atoms with E-state index in [0.29, 0.717) is 23.9 Å². The molecule has 0 saturated heterocycles. The van der Waals surface area contributed by atoms with Gasteiger partial charge in [-0.3, -0.25) is 13.9 Å². The Kier molecular flexibility index (Phi) is 12.2. The number of nitrogens with one attached hydrogen (secondary N) is 1. The van der Waals surface area contributed by atoms with Crippen LogP contribution in [0.2, 0.25) is 5.02 Å². The number of carbonyl (C=O) groups excluding carboxylic acids is 2. The fraction of sp³-hybridized carbons (Fsp3) is 0.278. The van der Waals surface area contributed by atoms with Crippen LogP contribution in [0, 0.1) is 5.92 Å². The standard InChI is InChI=1S/C36H40ClN3O5S/c1-4-45-34-18-12-11-17-32(34)40(46(43,44)31-15-9-6-10-16-31)26-35(41)39(25-29-19-21-30(37)22-20-29)33(36(42)38-24-27(2)3)23-28-13-7-5-8-14-28/h5-22,27,33H,4,23-26H2,1-3H3,(H,38,42)/t33-/m1/s1. The van der Waals surface area contributed by atoms with Gasteiger partial charge in [-0.1, -0.05) is 98.2 Å². The molecule has 0 aliphatic rings. The number of carbonyl (C=O) groups is 2. The summed E-state index contributed by atoms with van der Waals surface area (Å²) in [6.45, 7) is 5.98. The fourth-order valence-electron chi connectivity index (χ4n) is 4.94. The Balaban J connectivity index is 1.82. The van der Waals surface area contributed by atoms with Crippen molar-refractivity contribution in [1.82, 2.24) is 10.2 Å². The van der Waals surface area contributed by atoms with Crippen molar-refractivity contribution in [3.8, 4) is 5.75 Å². The molecule has 0 spiro atoms. The lowest BCUT2D eigenvalue weighted by atomic mass is 10.0. The van der Waals surface area contributed by atoms with E-state index in [2.05, 4.69) is 5.32 Å². The van der Waals surface area contributed by atoms with E-state index in [4.69, 9.17) is 16.3 Å². The van der Waals surface area contributed by atoms with Gasteiger partial charge >= 0.3 is 0 Å². The van der Waals surface area contributed by atoms with Crippen LogP contribution in [-0.4, -0.2) is 50.9 Å². The van der Waals surface area contributed by atoms with Gasteiger partial charge in [0.1, 0.15) is 18.3 Å². The summed E-state index contributed by atoms with van der Waals surface area (Å²) >= 11 is 6.16. The van der Waals surface area contributed by atoms with Crippen LogP contribution >= 0.6 is 11.6 Å². The fourth-order valence-corrected chi connectivity index (χ4v) is 6.51. The van der Waals surface area contributed by atoms with Gasteiger partial charge in [0.25, 0.3) is 10.0 Å². The van der Waals surface area contributed by atoms with Crippen LogP contribution in [0.4, 0.5) is 5.69 Å². The van der Waals surface area contributed by atoms with Crippen LogP contribution in [0.1, 0.15) is 31.9 Å². The van der Waals surface area contributed by atoms with E-state index < -0.39 is 28.5 Å². The van der Waals surface area contributed by atoms with Gasteiger partial charge in [-0.15, -0.1) is 0 Å². The molecular weight excluding hydrogens is 622 g/mol. The SMILES string of the molecule is CCOc1ccccc1N(CC(=O)N(Cc1ccc(Cl)cc1)[C@H](Cc1ccccc1)C(=O)NCC(C)C)S(=O)(=O)c1ccccc1. The molecule has 2 amide bonds. The third kappa shape index (κ3) is 9.11. The van der Waals surface area contributed by atoms with Gasteiger partial charge in [-0.05, 0) is 60.4 Å². The van der Waals surface area contributed by atoms with Gasteiger partial charge in [0.05, 0.1) is 17.2 Å². The number of ether oxygens (including phenoxy) is 1. The number of amides is 2. The van der Waals surface area contributed by atoms with Gasteiger partial charge in [-0.25, -0.2) is 8.42 Å². The predicted octanol–water partition coefficient (Wildman–Crippen LogP) is 6.35. The first-order chi connectivity index (χ1) is 22.1. The van der Waals surface area contributed by atoms with E-state index in [9.17, 15) is 18.0 Å². The first-order valence-electron chi connectivity index (χ1n) is 15.2. The van der Waals surface area contributed by atoms with Crippen molar-refractivity contribution >= 4 is 39.1 Å². The largest absolute Gasteiger partial charge is 0.492 e. The van der Waals surface area contributed by atoms with E-state index in [1.54, 1.807) is 73.7 Å². The molecule has 0 unspecified atom stereocenters. The summed E-state index contributed by atoms with van der Waals surface area (Å²) in [6, 6.07) is 30.2. The molecule has 0 aliphatic heterocycles. The highest BCUT2D eigenvalue weighted by Crippen LogP contribution is 2.33. The third-order valence-electron chi connectivity index (χ3n) is 7.27. The second-order valence-corrected chi connectivity index (χ2v) is 13.5. The number of benzene rings is 4. The average Bonchev–Trinajstić information content (AvgIpc) is 3.06. The minimum atomic E-state index is -4.24. The first kappa shape index (κ1) is 34.5. The second kappa shape index (κ2) is 16.3. The van der Waals surface area contributed by atoms with E-state index in [1.807, 2.05) is 44.2 Å².